The highest BCUT2D eigenvalue weighted by Crippen LogP contribution is 2.34. The zero-order valence-corrected chi connectivity index (χ0v) is 19.6. The van der Waals surface area contributed by atoms with Crippen LogP contribution >= 0.6 is 0 Å². The van der Waals surface area contributed by atoms with Crippen LogP contribution < -0.4 is 21.7 Å². The van der Waals surface area contributed by atoms with Gasteiger partial charge < -0.3 is 26.4 Å². The first-order chi connectivity index (χ1) is 17.7. The Morgan fingerprint density at radius 2 is 1.89 bits per heavy atom. The molecule has 0 radical (unpaired) electrons. The molecule has 0 fully saturated rings. The summed E-state index contributed by atoms with van der Waals surface area (Å²) in [5.74, 6) is -0.705. The second-order valence-corrected chi connectivity index (χ2v) is 7.99. The van der Waals surface area contributed by atoms with E-state index < -0.39 is 29.3 Å². The third-order valence-corrected chi connectivity index (χ3v) is 5.45. The van der Waals surface area contributed by atoms with Gasteiger partial charge in [0.05, 0.1) is 17.9 Å². The van der Waals surface area contributed by atoms with Crippen molar-refractivity contribution >= 4 is 28.7 Å². The molecular weight excluding hydrogens is 494 g/mol. The minimum atomic E-state index is -4.67. The molecule has 5 N–H and O–H groups in total. The standard InChI is InChI=1S/C24H23F4N7O2/c1-37-9-8-30-11-15-12-35-21(22(29)31-13-32-35)20(15)14-2-5-17(6-3-14)33-23(36)34-19-10-16(24(26,27)28)4-7-18(19)25/h2-7,10,12-13,30H,8-9,11H2,1H3,(H2,29,31,32)(H2,33,34,36). The number of nitrogens with one attached hydrogen (secondary N) is 3. The number of hydrogen-bond acceptors (Lipinski definition) is 6. The van der Waals surface area contributed by atoms with Crippen molar-refractivity contribution in [1.82, 2.24) is 19.9 Å². The van der Waals surface area contributed by atoms with Gasteiger partial charge in [0.1, 0.15) is 17.7 Å². The molecule has 194 valence electrons. The van der Waals surface area contributed by atoms with Crippen LogP contribution in [0.5, 0.6) is 0 Å². The molecule has 0 aliphatic carbocycles. The Hall–Kier alpha value is -4.23. The summed E-state index contributed by atoms with van der Waals surface area (Å²) in [6, 6.07) is 7.55. The summed E-state index contributed by atoms with van der Waals surface area (Å²) in [6.07, 6.45) is -1.48. The summed E-state index contributed by atoms with van der Waals surface area (Å²) < 4.78 is 59.4. The van der Waals surface area contributed by atoms with Crippen molar-refractivity contribution in [3.05, 3.63) is 71.9 Å². The van der Waals surface area contributed by atoms with Gasteiger partial charge in [0.15, 0.2) is 5.82 Å². The molecule has 0 aliphatic rings. The van der Waals surface area contributed by atoms with Crippen LogP contribution in [0, 0.1) is 5.82 Å². The van der Waals surface area contributed by atoms with E-state index in [4.69, 9.17) is 10.5 Å². The fourth-order valence-corrected chi connectivity index (χ4v) is 3.74. The van der Waals surface area contributed by atoms with Crippen molar-refractivity contribution in [3.8, 4) is 11.1 Å². The van der Waals surface area contributed by atoms with E-state index in [9.17, 15) is 22.4 Å². The smallest absolute Gasteiger partial charge is 0.383 e. The van der Waals surface area contributed by atoms with Crippen LogP contribution in [0.1, 0.15) is 11.1 Å². The summed E-state index contributed by atoms with van der Waals surface area (Å²) in [6.45, 7) is 1.68. The quantitative estimate of drug-likeness (QED) is 0.202. The number of hydrogen-bond donors (Lipinski definition) is 4. The summed E-state index contributed by atoms with van der Waals surface area (Å²) in [5, 5.41) is 12.1. The largest absolute Gasteiger partial charge is 0.416 e. The maximum atomic E-state index is 14.0. The van der Waals surface area contributed by atoms with E-state index in [0.717, 1.165) is 16.7 Å². The highest BCUT2D eigenvalue weighted by atomic mass is 19.4. The van der Waals surface area contributed by atoms with Crippen LogP contribution in [0.4, 0.5) is 39.5 Å². The molecule has 2 aromatic carbocycles. The fourth-order valence-electron chi connectivity index (χ4n) is 3.74. The van der Waals surface area contributed by atoms with Gasteiger partial charge in [0.25, 0.3) is 0 Å². The zero-order chi connectivity index (χ0) is 26.6. The molecule has 0 atom stereocenters. The number of alkyl halides is 3. The Morgan fingerprint density at radius 3 is 2.59 bits per heavy atom. The first-order valence-corrected chi connectivity index (χ1v) is 11.0. The molecular formula is C24H23F4N7O2. The Morgan fingerprint density at radius 1 is 1.14 bits per heavy atom. The number of fused-ring (bicyclic) bond motifs is 1. The Kier molecular flexibility index (Phi) is 7.55. The molecule has 2 aromatic heterocycles. The Balaban J connectivity index is 1.54. The second kappa shape index (κ2) is 10.8. The van der Waals surface area contributed by atoms with Crippen LogP contribution in [0.25, 0.3) is 16.6 Å². The number of nitrogens with two attached hydrogens (primary N) is 1. The zero-order valence-electron chi connectivity index (χ0n) is 19.6. The lowest BCUT2D eigenvalue weighted by Crippen LogP contribution is -2.20. The number of urea groups is 1. The van der Waals surface area contributed by atoms with Crippen LogP contribution in [0.15, 0.2) is 55.0 Å². The molecule has 0 spiro atoms. The maximum Gasteiger partial charge on any atom is 0.416 e. The van der Waals surface area contributed by atoms with Crippen molar-refractivity contribution in [2.45, 2.75) is 12.7 Å². The van der Waals surface area contributed by atoms with E-state index in [2.05, 4.69) is 26.0 Å². The summed E-state index contributed by atoms with van der Waals surface area (Å²) in [4.78, 5) is 16.4. The average Bonchev–Trinajstić information content (AvgIpc) is 3.22. The molecule has 0 saturated heterocycles. The first-order valence-electron chi connectivity index (χ1n) is 11.0. The number of benzene rings is 2. The van der Waals surface area contributed by atoms with Gasteiger partial charge in [-0.3, -0.25) is 0 Å². The third-order valence-electron chi connectivity index (χ3n) is 5.45. The van der Waals surface area contributed by atoms with Gasteiger partial charge in [-0.2, -0.15) is 18.3 Å². The predicted octanol–water partition coefficient (Wildman–Crippen LogP) is 4.52. The molecule has 4 aromatic rings. The number of amides is 2. The van der Waals surface area contributed by atoms with Crippen LogP contribution in [-0.4, -0.2) is 40.9 Å². The summed E-state index contributed by atoms with van der Waals surface area (Å²) in [7, 11) is 1.61. The topological polar surface area (TPSA) is 119 Å². The summed E-state index contributed by atoms with van der Waals surface area (Å²) >= 11 is 0. The fraction of sp³-hybridized carbons (Fsp3) is 0.208. The van der Waals surface area contributed by atoms with E-state index in [-0.39, 0.29) is 5.82 Å². The number of carbonyl (C=O) groups excluding carboxylic acids is 1. The number of ether oxygens (including phenoxy) is 1. The summed E-state index contributed by atoms with van der Waals surface area (Å²) in [5.41, 5.74) is 7.87. The molecule has 0 unspecified atom stereocenters. The third kappa shape index (κ3) is 5.95. The minimum Gasteiger partial charge on any atom is -0.383 e. The van der Waals surface area contributed by atoms with Gasteiger partial charge >= 0.3 is 12.2 Å². The predicted molar refractivity (Wildman–Crippen MR) is 130 cm³/mol. The normalized spacial score (nSPS) is 11.6. The first kappa shape index (κ1) is 25.9. The molecule has 13 heteroatoms. The highest BCUT2D eigenvalue weighted by molar-refractivity contribution is 6.00. The van der Waals surface area contributed by atoms with E-state index in [0.29, 0.717) is 49.1 Å². The number of methoxy groups -OCH3 is 1. The number of anilines is 3. The number of carbonyl (C=O) groups is 1. The van der Waals surface area contributed by atoms with Gasteiger partial charge in [-0.15, -0.1) is 0 Å². The second-order valence-electron chi connectivity index (χ2n) is 7.99. The van der Waals surface area contributed by atoms with E-state index in [1.807, 2.05) is 6.20 Å². The highest BCUT2D eigenvalue weighted by Gasteiger charge is 2.31. The molecule has 0 aliphatic heterocycles. The molecule has 2 heterocycles. The molecule has 37 heavy (non-hydrogen) atoms. The SMILES string of the molecule is COCCNCc1cn2ncnc(N)c2c1-c1ccc(NC(=O)Nc2cc(C(F)(F)F)ccc2F)cc1. The van der Waals surface area contributed by atoms with E-state index in [1.54, 1.807) is 35.9 Å². The van der Waals surface area contributed by atoms with Gasteiger partial charge in [-0.25, -0.2) is 18.7 Å². The average molecular weight is 517 g/mol. The number of nitrogen functional groups attached to an aromatic ring is 1. The monoisotopic (exact) mass is 517 g/mol. The van der Waals surface area contributed by atoms with Crippen molar-refractivity contribution in [3.63, 3.8) is 0 Å². The lowest BCUT2D eigenvalue weighted by molar-refractivity contribution is -0.137. The Bertz CT molecular complexity index is 1400. The number of rotatable bonds is 8. The van der Waals surface area contributed by atoms with E-state index in [1.165, 1.54) is 6.33 Å². The molecule has 0 saturated carbocycles. The van der Waals surface area contributed by atoms with Crippen molar-refractivity contribution < 1.29 is 27.1 Å². The molecule has 9 nitrogen and oxygen atoms in total. The van der Waals surface area contributed by atoms with Crippen LogP contribution in [0.2, 0.25) is 0 Å². The molecule has 4 rings (SSSR count). The van der Waals surface area contributed by atoms with Crippen molar-refractivity contribution in [2.75, 3.05) is 36.6 Å². The van der Waals surface area contributed by atoms with Gasteiger partial charge in [0, 0.05) is 37.6 Å². The van der Waals surface area contributed by atoms with E-state index >= 15 is 0 Å². The maximum absolute atomic E-state index is 14.0. The lowest BCUT2D eigenvalue weighted by atomic mass is 10.0. The number of halogens is 4. The van der Waals surface area contributed by atoms with Gasteiger partial charge in [-0.1, -0.05) is 12.1 Å². The van der Waals surface area contributed by atoms with Crippen molar-refractivity contribution in [2.24, 2.45) is 0 Å². The van der Waals surface area contributed by atoms with Crippen LogP contribution in [0.3, 0.4) is 0 Å². The molecule has 2 amide bonds. The Labute approximate surface area is 208 Å². The number of aromatic nitrogens is 3. The lowest BCUT2D eigenvalue weighted by Gasteiger charge is -2.12. The molecule has 0 bridgehead atoms. The van der Waals surface area contributed by atoms with Crippen molar-refractivity contribution in [1.29, 1.82) is 0 Å². The minimum absolute atomic E-state index is 0.290. The van der Waals surface area contributed by atoms with Gasteiger partial charge in [-0.05, 0) is 41.5 Å². The number of nitrogens with zero attached hydrogens (tertiary/aromatic N) is 3. The van der Waals surface area contributed by atoms with Gasteiger partial charge in [0.2, 0.25) is 0 Å². The van der Waals surface area contributed by atoms with Crippen LogP contribution in [-0.2, 0) is 17.5 Å².